The molecule has 2 amide bonds. The van der Waals surface area contributed by atoms with Crippen molar-refractivity contribution in [3.05, 3.63) is 63.3 Å². The van der Waals surface area contributed by atoms with Crippen LogP contribution in [-0.4, -0.2) is 22.0 Å². The molecule has 3 rings (SSSR count). The molecule has 1 fully saturated rings. The second-order valence-corrected chi connectivity index (χ2v) is 5.70. The molecule has 1 aliphatic carbocycles. The predicted octanol–water partition coefficient (Wildman–Crippen LogP) is 3.32. The van der Waals surface area contributed by atoms with Crippen molar-refractivity contribution in [1.29, 1.82) is 0 Å². The van der Waals surface area contributed by atoms with Crippen molar-refractivity contribution in [2.75, 3.05) is 5.32 Å². The van der Waals surface area contributed by atoms with Crippen LogP contribution in [0.2, 0.25) is 5.02 Å². The number of carbonyl (C=O) groups is 1. The minimum Gasteiger partial charge on any atom is -0.334 e. The quantitative estimate of drug-likeness (QED) is 0.663. The van der Waals surface area contributed by atoms with Gasteiger partial charge in [-0.05, 0) is 24.1 Å². The molecular weight excluding hydrogens is 320 g/mol. The number of pyridine rings is 1. The van der Waals surface area contributed by atoms with Gasteiger partial charge in [-0.3, -0.25) is 15.4 Å². The summed E-state index contributed by atoms with van der Waals surface area (Å²) >= 11 is 5.73. The van der Waals surface area contributed by atoms with Crippen LogP contribution in [0.25, 0.3) is 0 Å². The number of amides is 2. The van der Waals surface area contributed by atoms with Gasteiger partial charge in [0.15, 0.2) is 0 Å². The number of nitrogens with one attached hydrogen (secondary N) is 2. The first kappa shape index (κ1) is 15.2. The van der Waals surface area contributed by atoms with Crippen LogP contribution in [0.4, 0.5) is 16.3 Å². The van der Waals surface area contributed by atoms with Crippen molar-refractivity contribution in [2.24, 2.45) is 0 Å². The summed E-state index contributed by atoms with van der Waals surface area (Å²) in [6.45, 7) is 0. The normalized spacial score (nSPS) is 19.0. The Labute approximate surface area is 136 Å². The molecule has 2 aromatic rings. The van der Waals surface area contributed by atoms with E-state index >= 15 is 0 Å². The Bertz CT molecular complexity index is 751. The molecule has 2 N–H and O–H groups in total. The van der Waals surface area contributed by atoms with Gasteiger partial charge in [0.25, 0.3) is 5.69 Å². The van der Waals surface area contributed by atoms with Crippen molar-refractivity contribution in [2.45, 2.75) is 18.4 Å². The smallest absolute Gasteiger partial charge is 0.320 e. The third-order valence-electron chi connectivity index (χ3n) is 3.59. The fraction of sp³-hybridized carbons (Fsp3) is 0.200. The number of urea groups is 1. The van der Waals surface area contributed by atoms with Crippen molar-refractivity contribution in [1.82, 2.24) is 10.3 Å². The lowest BCUT2D eigenvalue weighted by atomic mass is 10.1. The molecule has 0 saturated heterocycles. The van der Waals surface area contributed by atoms with Gasteiger partial charge in [0.1, 0.15) is 5.82 Å². The van der Waals surface area contributed by atoms with Crippen LogP contribution >= 0.6 is 11.6 Å². The number of rotatable bonds is 4. The van der Waals surface area contributed by atoms with Crippen LogP contribution in [0.5, 0.6) is 0 Å². The average Bonchev–Trinajstić information content (AvgIpc) is 3.29. The Hall–Kier alpha value is -2.67. The number of hydrogen-bond acceptors (Lipinski definition) is 4. The molecule has 0 aliphatic heterocycles. The third kappa shape index (κ3) is 3.75. The van der Waals surface area contributed by atoms with Gasteiger partial charge < -0.3 is 5.32 Å². The van der Waals surface area contributed by atoms with Crippen LogP contribution in [0.15, 0.2) is 42.6 Å². The number of nitro groups is 1. The number of non-ortho nitro benzene ring substituents is 1. The molecular formula is C15H13ClN4O3. The van der Waals surface area contributed by atoms with Gasteiger partial charge in [0.2, 0.25) is 0 Å². The number of nitrogens with zero attached hydrogens (tertiary/aromatic N) is 2. The summed E-state index contributed by atoms with van der Waals surface area (Å²) in [5.74, 6) is 0.498. The van der Waals surface area contributed by atoms with Gasteiger partial charge in [0, 0.05) is 30.3 Å². The monoisotopic (exact) mass is 332 g/mol. The van der Waals surface area contributed by atoms with E-state index in [1.165, 1.54) is 12.3 Å². The molecule has 8 heteroatoms. The van der Waals surface area contributed by atoms with Gasteiger partial charge >= 0.3 is 6.03 Å². The maximum atomic E-state index is 11.9. The fourth-order valence-corrected chi connectivity index (χ4v) is 2.47. The Balaban J connectivity index is 1.56. The van der Waals surface area contributed by atoms with Gasteiger partial charge in [-0.2, -0.15) is 0 Å². The summed E-state index contributed by atoms with van der Waals surface area (Å²) < 4.78 is 0. The topological polar surface area (TPSA) is 97.2 Å². The second-order valence-electron chi connectivity index (χ2n) is 5.26. The van der Waals surface area contributed by atoms with Gasteiger partial charge in [-0.25, -0.2) is 9.78 Å². The minimum atomic E-state index is -0.423. The lowest BCUT2D eigenvalue weighted by Gasteiger charge is -2.07. The molecule has 0 radical (unpaired) electrons. The standard InChI is InChI=1S/C15H13ClN4O3/c16-10-4-5-14(17-8-10)19-15(21)18-13-7-12(13)9-2-1-3-11(6-9)20(22)23/h1-6,8,12-13H,7H2,(H2,17,18,19,21). The zero-order chi connectivity index (χ0) is 16.4. The first-order valence-electron chi connectivity index (χ1n) is 6.96. The van der Waals surface area contributed by atoms with Crippen LogP contribution in [0, 0.1) is 10.1 Å². The highest BCUT2D eigenvalue weighted by atomic mass is 35.5. The molecule has 2 atom stereocenters. The number of aromatic nitrogens is 1. The number of benzene rings is 1. The molecule has 1 saturated carbocycles. The van der Waals surface area contributed by atoms with Crippen LogP contribution in [-0.2, 0) is 0 Å². The van der Waals surface area contributed by atoms with E-state index in [0.717, 1.165) is 12.0 Å². The van der Waals surface area contributed by atoms with Crippen LogP contribution in [0.1, 0.15) is 17.9 Å². The third-order valence-corrected chi connectivity index (χ3v) is 3.81. The van der Waals surface area contributed by atoms with E-state index in [0.29, 0.717) is 10.8 Å². The van der Waals surface area contributed by atoms with Crippen molar-refractivity contribution < 1.29 is 9.72 Å². The largest absolute Gasteiger partial charge is 0.334 e. The first-order chi connectivity index (χ1) is 11.0. The summed E-state index contributed by atoms with van der Waals surface area (Å²) in [6.07, 6.45) is 2.20. The number of nitro benzene ring substituents is 1. The maximum absolute atomic E-state index is 11.9. The maximum Gasteiger partial charge on any atom is 0.320 e. The molecule has 23 heavy (non-hydrogen) atoms. The predicted molar refractivity (Wildman–Crippen MR) is 85.6 cm³/mol. The highest BCUT2D eigenvalue weighted by Crippen LogP contribution is 2.41. The number of halogens is 1. The molecule has 0 bridgehead atoms. The summed E-state index contributed by atoms with van der Waals surface area (Å²) in [7, 11) is 0. The molecule has 1 aromatic heterocycles. The summed E-state index contributed by atoms with van der Waals surface area (Å²) in [5, 5.41) is 16.7. The van der Waals surface area contributed by atoms with Crippen molar-refractivity contribution in [3.8, 4) is 0 Å². The zero-order valence-corrected chi connectivity index (χ0v) is 12.7. The van der Waals surface area contributed by atoms with E-state index in [9.17, 15) is 14.9 Å². The van der Waals surface area contributed by atoms with E-state index in [2.05, 4.69) is 15.6 Å². The van der Waals surface area contributed by atoms with Crippen molar-refractivity contribution >= 4 is 29.1 Å². The number of anilines is 1. The lowest BCUT2D eigenvalue weighted by molar-refractivity contribution is -0.384. The molecule has 7 nitrogen and oxygen atoms in total. The first-order valence-corrected chi connectivity index (χ1v) is 7.34. The molecule has 0 spiro atoms. The molecule has 1 heterocycles. The van der Waals surface area contributed by atoms with Gasteiger partial charge in [-0.15, -0.1) is 0 Å². The SMILES string of the molecule is O=C(Nc1ccc(Cl)cn1)NC1CC1c1cccc([N+](=O)[O-])c1. The number of hydrogen-bond donors (Lipinski definition) is 2. The van der Waals surface area contributed by atoms with E-state index in [4.69, 9.17) is 11.6 Å². The van der Waals surface area contributed by atoms with Crippen molar-refractivity contribution in [3.63, 3.8) is 0 Å². The Morgan fingerprint density at radius 2 is 2.17 bits per heavy atom. The van der Waals surface area contributed by atoms with Crippen LogP contribution in [0.3, 0.4) is 0 Å². The van der Waals surface area contributed by atoms with E-state index in [-0.39, 0.29) is 23.7 Å². The van der Waals surface area contributed by atoms with E-state index < -0.39 is 4.92 Å². The Morgan fingerprint density at radius 3 is 2.87 bits per heavy atom. The summed E-state index contributed by atoms with van der Waals surface area (Å²) in [5.41, 5.74) is 0.914. The Morgan fingerprint density at radius 1 is 1.35 bits per heavy atom. The zero-order valence-electron chi connectivity index (χ0n) is 11.9. The minimum absolute atomic E-state index is 0.0377. The van der Waals surface area contributed by atoms with E-state index in [1.54, 1.807) is 24.3 Å². The average molecular weight is 333 g/mol. The highest BCUT2D eigenvalue weighted by Gasteiger charge is 2.40. The fourth-order valence-electron chi connectivity index (χ4n) is 2.36. The van der Waals surface area contributed by atoms with Gasteiger partial charge in [0.05, 0.1) is 9.95 Å². The summed E-state index contributed by atoms with van der Waals surface area (Å²) in [4.78, 5) is 26.2. The second kappa shape index (κ2) is 6.21. The highest BCUT2D eigenvalue weighted by molar-refractivity contribution is 6.30. The molecule has 118 valence electrons. The van der Waals surface area contributed by atoms with Gasteiger partial charge in [-0.1, -0.05) is 23.7 Å². The molecule has 2 unspecified atom stereocenters. The Kier molecular flexibility index (Phi) is 4.12. The van der Waals surface area contributed by atoms with Crippen LogP contribution < -0.4 is 10.6 Å². The molecule has 1 aromatic carbocycles. The molecule has 1 aliphatic rings. The lowest BCUT2D eigenvalue weighted by Crippen LogP contribution is -2.31. The van der Waals surface area contributed by atoms with E-state index in [1.807, 2.05) is 6.07 Å². The number of carbonyl (C=O) groups excluding carboxylic acids is 1. The summed E-state index contributed by atoms with van der Waals surface area (Å²) in [6, 6.07) is 9.32.